The van der Waals surface area contributed by atoms with Crippen molar-refractivity contribution in [1.29, 1.82) is 0 Å². The molecule has 1 aliphatic rings. The number of benzene rings is 2. The van der Waals surface area contributed by atoms with Crippen LogP contribution in [0.5, 0.6) is 0 Å². The normalized spacial score (nSPS) is 15.3. The number of hydrogen-bond donors (Lipinski definition) is 1. The van der Waals surface area contributed by atoms with Crippen LogP contribution in [0.25, 0.3) is 0 Å². The number of rotatable bonds is 9. The molecule has 0 bridgehead atoms. The lowest BCUT2D eigenvalue weighted by Crippen LogP contribution is -2.53. The van der Waals surface area contributed by atoms with Gasteiger partial charge in [0.25, 0.3) is 0 Å². The predicted molar refractivity (Wildman–Crippen MR) is 140 cm³/mol. The molecule has 2 aromatic rings. The van der Waals surface area contributed by atoms with Crippen LogP contribution in [0.15, 0.2) is 48.5 Å². The predicted octanol–water partition coefficient (Wildman–Crippen LogP) is 4.28. The smallest absolute Gasteiger partial charge is 0.244 e. The standard InChI is InChI=1S/C26H34ClN3O4S/c1-19-11-7-10-16-24(19)30(35(3,33)34)18-25(31)29(17-21-12-8-9-15-23(21)27)20(2)26(32)28-22-13-5-4-6-14-22/h7-12,15-16,20,22H,4-6,13-14,17-18H2,1-3H3,(H,28,32)/t20-/m1/s1. The van der Waals surface area contributed by atoms with Crippen LogP contribution in [-0.4, -0.2) is 50.0 Å². The fourth-order valence-electron chi connectivity index (χ4n) is 4.40. The summed E-state index contributed by atoms with van der Waals surface area (Å²) in [5.74, 6) is -0.732. The van der Waals surface area contributed by atoms with E-state index in [0.717, 1.165) is 41.8 Å². The summed E-state index contributed by atoms with van der Waals surface area (Å²) in [5, 5.41) is 3.56. The monoisotopic (exact) mass is 519 g/mol. The third kappa shape index (κ3) is 7.21. The average Bonchev–Trinajstić information content (AvgIpc) is 2.82. The van der Waals surface area contributed by atoms with E-state index in [1.54, 1.807) is 50.2 Å². The van der Waals surface area contributed by atoms with Gasteiger partial charge in [-0.3, -0.25) is 13.9 Å². The molecular formula is C26H34ClN3O4S. The molecule has 9 heteroatoms. The Hall–Kier alpha value is -2.58. The topological polar surface area (TPSA) is 86.8 Å². The molecule has 3 rings (SSSR count). The van der Waals surface area contributed by atoms with Crippen LogP contribution in [0, 0.1) is 6.92 Å². The van der Waals surface area contributed by atoms with Crippen LogP contribution in [-0.2, 0) is 26.2 Å². The Morgan fingerprint density at radius 1 is 1.06 bits per heavy atom. The maximum Gasteiger partial charge on any atom is 0.244 e. The first kappa shape index (κ1) is 27.0. The molecule has 7 nitrogen and oxygen atoms in total. The van der Waals surface area contributed by atoms with Crippen molar-refractivity contribution in [3.8, 4) is 0 Å². The number of anilines is 1. The maximum atomic E-state index is 13.6. The van der Waals surface area contributed by atoms with E-state index < -0.39 is 28.5 Å². The number of aryl methyl sites for hydroxylation is 1. The SMILES string of the molecule is Cc1ccccc1N(CC(=O)N(Cc1ccccc1Cl)[C@H](C)C(=O)NC1CCCCC1)S(C)(=O)=O. The molecule has 1 atom stereocenters. The molecule has 2 aromatic carbocycles. The zero-order valence-corrected chi connectivity index (χ0v) is 22.1. The van der Waals surface area contributed by atoms with E-state index in [1.807, 2.05) is 12.1 Å². The number of amides is 2. The van der Waals surface area contributed by atoms with Gasteiger partial charge in [0.2, 0.25) is 21.8 Å². The Morgan fingerprint density at radius 3 is 2.31 bits per heavy atom. The van der Waals surface area contributed by atoms with E-state index in [0.29, 0.717) is 16.3 Å². The Balaban J connectivity index is 1.89. The van der Waals surface area contributed by atoms with Gasteiger partial charge in [0.05, 0.1) is 11.9 Å². The first-order chi connectivity index (χ1) is 16.6. The Bertz CT molecular complexity index is 1150. The zero-order chi connectivity index (χ0) is 25.6. The number of nitrogens with zero attached hydrogens (tertiary/aromatic N) is 2. The fourth-order valence-corrected chi connectivity index (χ4v) is 5.50. The molecule has 0 heterocycles. The minimum Gasteiger partial charge on any atom is -0.352 e. The molecule has 1 N–H and O–H groups in total. The number of halogens is 1. The van der Waals surface area contributed by atoms with Gasteiger partial charge < -0.3 is 10.2 Å². The summed E-state index contributed by atoms with van der Waals surface area (Å²) in [7, 11) is -3.76. The maximum absolute atomic E-state index is 13.6. The first-order valence-electron chi connectivity index (χ1n) is 11.9. The van der Waals surface area contributed by atoms with Crippen molar-refractivity contribution in [1.82, 2.24) is 10.2 Å². The van der Waals surface area contributed by atoms with E-state index in [9.17, 15) is 18.0 Å². The third-order valence-corrected chi connectivity index (χ3v) is 7.98. The van der Waals surface area contributed by atoms with Gasteiger partial charge in [-0.2, -0.15) is 0 Å². The molecule has 1 fully saturated rings. The van der Waals surface area contributed by atoms with Crippen molar-refractivity contribution in [3.63, 3.8) is 0 Å². The lowest BCUT2D eigenvalue weighted by atomic mass is 9.95. The molecule has 35 heavy (non-hydrogen) atoms. The minimum absolute atomic E-state index is 0.0864. The van der Waals surface area contributed by atoms with Gasteiger partial charge in [-0.1, -0.05) is 67.3 Å². The Labute approximate surface area is 213 Å². The lowest BCUT2D eigenvalue weighted by Gasteiger charge is -2.33. The average molecular weight is 520 g/mol. The third-order valence-electron chi connectivity index (χ3n) is 6.48. The van der Waals surface area contributed by atoms with Gasteiger partial charge in [0.1, 0.15) is 12.6 Å². The van der Waals surface area contributed by atoms with E-state index in [-0.39, 0.29) is 18.5 Å². The van der Waals surface area contributed by atoms with Gasteiger partial charge in [-0.05, 0) is 49.9 Å². The van der Waals surface area contributed by atoms with E-state index >= 15 is 0 Å². The summed E-state index contributed by atoms with van der Waals surface area (Å²) in [5.41, 5.74) is 1.84. The van der Waals surface area contributed by atoms with Crippen molar-refractivity contribution in [3.05, 3.63) is 64.7 Å². The minimum atomic E-state index is -3.76. The van der Waals surface area contributed by atoms with Crippen LogP contribution in [0.4, 0.5) is 5.69 Å². The second kappa shape index (κ2) is 11.9. The van der Waals surface area contributed by atoms with Crippen molar-refractivity contribution in [2.24, 2.45) is 0 Å². The molecular weight excluding hydrogens is 486 g/mol. The molecule has 0 unspecified atom stereocenters. The number of nitrogens with one attached hydrogen (secondary N) is 1. The van der Waals surface area contributed by atoms with E-state index in [2.05, 4.69) is 5.32 Å². The molecule has 0 aromatic heterocycles. The van der Waals surface area contributed by atoms with E-state index in [4.69, 9.17) is 11.6 Å². The molecule has 190 valence electrons. The molecule has 1 saturated carbocycles. The molecule has 0 aliphatic heterocycles. The van der Waals surface area contributed by atoms with Crippen molar-refractivity contribution < 1.29 is 18.0 Å². The van der Waals surface area contributed by atoms with Crippen LogP contribution in [0.1, 0.15) is 50.2 Å². The van der Waals surface area contributed by atoms with Crippen molar-refractivity contribution >= 4 is 39.1 Å². The zero-order valence-electron chi connectivity index (χ0n) is 20.5. The lowest BCUT2D eigenvalue weighted by molar-refractivity contribution is -0.139. The molecule has 1 aliphatic carbocycles. The van der Waals surface area contributed by atoms with Crippen LogP contribution < -0.4 is 9.62 Å². The molecule has 0 spiro atoms. The number of carbonyl (C=O) groups excluding carboxylic acids is 2. The number of sulfonamides is 1. The molecule has 2 amide bonds. The molecule has 0 saturated heterocycles. The van der Waals surface area contributed by atoms with Gasteiger partial charge in [-0.15, -0.1) is 0 Å². The molecule has 0 radical (unpaired) electrons. The van der Waals surface area contributed by atoms with Gasteiger partial charge in [0, 0.05) is 17.6 Å². The summed E-state index contributed by atoms with van der Waals surface area (Å²) < 4.78 is 26.4. The highest BCUT2D eigenvalue weighted by atomic mass is 35.5. The highest BCUT2D eigenvalue weighted by Crippen LogP contribution is 2.24. The second-order valence-corrected chi connectivity index (χ2v) is 11.5. The van der Waals surface area contributed by atoms with E-state index in [1.165, 1.54) is 11.3 Å². The second-order valence-electron chi connectivity index (χ2n) is 9.19. The summed E-state index contributed by atoms with van der Waals surface area (Å²) in [6, 6.07) is 13.4. The highest BCUT2D eigenvalue weighted by Gasteiger charge is 2.31. The first-order valence-corrected chi connectivity index (χ1v) is 14.2. The van der Waals surface area contributed by atoms with Crippen molar-refractivity contribution in [2.75, 3.05) is 17.1 Å². The number of carbonyl (C=O) groups is 2. The Morgan fingerprint density at radius 2 is 1.69 bits per heavy atom. The summed E-state index contributed by atoms with van der Waals surface area (Å²) in [6.07, 6.45) is 6.23. The highest BCUT2D eigenvalue weighted by molar-refractivity contribution is 7.92. The van der Waals surface area contributed by atoms with Gasteiger partial charge >= 0.3 is 0 Å². The summed E-state index contributed by atoms with van der Waals surface area (Å²) in [6.45, 7) is 3.13. The van der Waals surface area contributed by atoms with Crippen LogP contribution >= 0.6 is 11.6 Å². The quantitative estimate of drug-likeness (QED) is 0.535. The van der Waals surface area contributed by atoms with Gasteiger partial charge in [-0.25, -0.2) is 8.42 Å². The van der Waals surface area contributed by atoms with Gasteiger partial charge in [0.15, 0.2) is 0 Å². The van der Waals surface area contributed by atoms with Crippen LogP contribution in [0.3, 0.4) is 0 Å². The largest absolute Gasteiger partial charge is 0.352 e. The van der Waals surface area contributed by atoms with Crippen molar-refractivity contribution in [2.45, 2.75) is 64.6 Å². The fraction of sp³-hybridized carbons (Fsp3) is 0.462. The Kier molecular flexibility index (Phi) is 9.19. The number of para-hydroxylation sites is 1. The van der Waals surface area contributed by atoms with Crippen LogP contribution in [0.2, 0.25) is 5.02 Å². The number of hydrogen-bond acceptors (Lipinski definition) is 4. The summed E-state index contributed by atoms with van der Waals surface area (Å²) in [4.78, 5) is 28.2. The summed E-state index contributed by atoms with van der Waals surface area (Å²) >= 11 is 6.36.